The Kier molecular flexibility index (Phi) is 10.6. The number of carbonyl (C=O) groups excluding carboxylic acids is 2. The molecule has 2 rings (SSSR count). The van der Waals surface area contributed by atoms with E-state index in [4.69, 9.17) is 15.2 Å². The fraction of sp³-hybridized carbons (Fsp3) is 0.920. The number of amides is 2. The van der Waals surface area contributed by atoms with E-state index in [1.54, 1.807) is 14.2 Å². The molecule has 0 aliphatic carbocycles. The zero-order chi connectivity index (χ0) is 24.9. The van der Waals surface area contributed by atoms with Crippen molar-refractivity contribution in [1.82, 2.24) is 14.7 Å². The first-order valence-electron chi connectivity index (χ1n) is 12.6. The molecule has 7 atom stereocenters. The molecule has 2 N–H and O–H groups in total. The SMILES string of the molecule is CCC(C)C(C(CC(=O)N1CCCC1C(OC)C(C)C)OC)N(C)C(=O)C1CC(N)CN1C. The molecule has 8 heteroatoms. The first-order chi connectivity index (χ1) is 15.6. The van der Waals surface area contributed by atoms with E-state index in [0.29, 0.717) is 12.3 Å². The monoisotopic (exact) mass is 468 g/mol. The maximum atomic E-state index is 13.5. The third kappa shape index (κ3) is 6.47. The van der Waals surface area contributed by atoms with Crippen LogP contribution in [0.4, 0.5) is 0 Å². The summed E-state index contributed by atoms with van der Waals surface area (Å²) in [5.41, 5.74) is 6.11. The largest absolute Gasteiger partial charge is 0.379 e. The fourth-order valence-electron chi connectivity index (χ4n) is 5.90. The van der Waals surface area contributed by atoms with Crippen molar-refractivity contribution < 1.29 is 19.1 Å². The number of ether oxygens (including phenoxy) is 2. The van der Waals surface area contributed by atoms with Crippen LogP contribution in [0.1, 0.15) is 59.8 Å². The van der Waals surface area contributed by atoms with Gasteiger partial charge in [-0.05, 0) is 38.1 Å². The highest BCUT2D eigenvalue weighted by Crippen LogP contribution is 2.29. The summed E-state index contributed by atoms with van der Waals surface area (Å²) < 4.78 is 11.7. The Morgan fingerprint density at radius 3 is 2.33 bits per heavy atom. The molecule has 192 valence electrons. The van der Waals surface area contributed by atoms with Crippen LogP contribution in [0, 0.1) is 11.8 Å². The minimum absolute atomic E-state index is 0.0148. The molecule has 0 aromatic rings. The van der Waals surface area contributed by atoms with E-state index in [9.17, 15) is 9.59 Å². The number of rotatable bonds is 11. The lowest BCUT2D eigenvalue weighted by atomic mass is 9.90. The summed E-state index contributed by atoms with van der Waals surface area (Å²) in [4.78, 5) is 32.8. The Hall–Kier alpha value is -1.22. The molecular formula is C25H48N4O4. The van der Waals surface area contributed by atoms with Crippen molar-refractivity contribution >= 4 is 11.8 Å². The molecule has 2 fully saturated rings. The fourth-order valence-corrected chi connectivity index (χ4v) is 5.90. The maximum absolute atomic E-state index is 13.5. The van der Waals surface area contributed by atoms with Crippen molar-refractivity contribution in [2.45, 2.75) is 96.2 Å². The van der Waals surface area contributed by atoms with Gasteiger partial charge in [0.25, 0.3) is 0 Å². The van der Waals surface area contributed by atoms with Crippen LogP contribution in [0.3, 0.4) is 0 Å². The summed E-state index contributed by atoms with van der Waals surface area (Å²) in [6.45, 7) is 9.99. The summed E-state index contributed by atoms with van der Waals surface area (Å²) in [7, 11) is 7.19. The molecule has 33 heavy (non-hydrogen) atoms. The van der Waals surface area contributed by atoms with Crippen LogP contribution in [-0.2, 0) is 19.1 Å². The third-order valence-corrected chi connectivity index (χ3v) is 7.87. The molecule has 0 aromatic heterocycles. The summed E-state index contributed by atoms with van der Waals surface area (Å²) in [6, 6.07) is -0.302. The van der Waals surface area contributed by atoms with Gasteiger partial charge < -0.3 is 25.0 Å². The van der Waals surface area contributed by atoms with E-state index in [-0.39, 0.29) is 60.5 Å². The van der Waals surface area contributed by atoms with Crippen LogP contribution in [0.2, 0.25) is 0 Å². The van der Waals surface area contributed by atoms with E-state index >= 15 is 0 Å². The van der Waals surface area contributed by atoms with Crippen LogP contribution >= 0.6 is 0 Å². The Bertz CT molecular complexity index is 646. The van der Waals surface area contributed by atoms with Gasteiger partial charge in [-0.1, -0.05) is 34.1 Å². The molecule has 0 spiro atoms. The molecule has 2 amide bonds. The molecule has 2 aliphatic heterocycles. The normalized spacial score (nSPS) is 27.6. The van der Waals surface area contributed by atoms with Gasteiger partial charge in [0, 0.05) is 40.4 Å². The number of likely N-dealkylation sites (N-methyl/N-ethyl adjacent to an activating group) is 2. The molecule has 0 radical (unpaired) electrons. The minimum atomic E-state index is -0.372. The lowest BCUT2D eigenvalue weighted by Crippen LogP contribution is -2.55. The predicted molar refractivity (Wildman–Crippen MR) is 131 cm³/mol. The second-order valence-electron chi connectivity index (χ2n) is 10.5. The zero-order valence-electron chi connectivity index (χ0n) is 22.1. The minimum Gasteiger partial charge on any atom is -0.379 e. The van der Waals surface area contributed by atoms with Gasteiger partial charge in [0.05, 0.1) is 36.8 Å². The quantitative estimate of drug-likeness (QED) is 0.499. The standard InChI is InChI=1S/C25H48N4O4/c1-9-17(4)23(28(6)25(31)20-13-18(26)15-27(20)5)21(32-7)14-22(30)29-12-10-11-19(29)24(33-8)16(2)3/h16-21,23-24H,9-15,26H2,1-8H3. The zero-order valence-corrected chi connectivity index (χ0v) is 22.1. The maximum Gasteiger partial charge on any atom is 0.240 e. The van der Waals surface area contributed by atoms with E-state index in [2.05, 4.69) is 27.7 Å². The number of nitrogens with two attached hydrogens (primary N) is 1. The van der Waals surface area contributed by atoms with Gasteiger partial charge in [-0.25, -0.2) is 0 Å². The van der Waals surface area contributed by atoms with Gasteiger partial charge in [0.1, 0.15) is 0 Å². The molecule has 0 saturated carbocycles. The molecule has 2 aliphatic rings. The number of likely N-dealkylation sites (tertiary alicyclic amines) is 2. The highest BCUT2D eigenvalue weighted by molar-refractivity contribution is 5.83. The van der Waals surface area contributed by atoms with Crippen LogP contribution in [0.25, 0.3) is 0 Å². The van der Waals surface area contributed by atoms with E-state index in [0.717, 1.165) is 32.4 Å². The van der Waals surface area contributed by atoms with E-state index in [1.807, 2.05) is 28.8 Å². The first-order valence-corrected chi connectivity index (χ1v) is 12.6. The highest BCUT2D eigenvalue weighted by Gasteiger charge is 2.42. The van der Waals surface area contributed by atoms with Crippen molar-refractivity contribution in [3.05, 3.63) is 0 Å². The molecule has 0 bridgehead atoms. The van der Waals surface area contributed by atoms with Crippen molar-refractivity contribution in [1.29, 1.82) is 0 Å². The van der Waals surface area contributed by atoms with E-state index < -0.39 is 0 Å². The topological polar surface area (TPSA) is 88.3 Å². The molecule has 0 aromatic carbocycles. The highest BCUT2D eigenvalue weighted by atomic mass is 16.5. The average molecular weight is 469 g/mol. The molecule has 2 heterocycles. The molecule has 7 unspecified atom stereocenters. The van der Waals surface area contributed by atoms with Gasteiger partial charge in [-0.15, -0.1) is 0 Å². The van der Waals surface area contributed by atoms with Crippen molar-refractivity contribution in [2.24, 2.45) is 17.6 Å². The van der Waals surface area contributed by atoms with Gasteiger partial charge in [-0.3, -0.25) is 14.5 Å². The Morgan fingerprint density at radius 1 is 1.18 bits per heavy atom. The lowest BCUT2D eigenvalue weighted by molar-refractivity contribution is -0.146. The van der Waals surface area contributed by atoms with E-state index in [1.165, 1.54) is 0 Å². The predicted octanol–water partition coefficient (Wildman–Crippen LogP) is 1.96. The molecular weight excluding hydrogens is 420 g/mol. The van der Waals surface area contributed by atoms with Crippen LogP contribution in [0.5, 0.6) is 0 Å². The van der Waals surface area contributed by atoms with Crippen molar-refractivity contribution in [3.63, 3.8) is 0 Å². The summed E-state index contributed by atoms with van der Waals surface area (Å²) in [6.07, 6.45) is 3.41. The first kappa shape index (κ1) is 28.0. The van der Waals surface area contributed by atoms with Gasteiger partial charge >= 0.3 is 0 Å². The Labute approximate surface area is 201 Å². The van der Waals surface area contributed by atoms with Crippen LogP contribution < -0.4 is 5.73 Å². The lowest BCUT2D eigenvalue weighted by Gasteiger charge is -2.40. The second-order valence-corrected chi connectivity index (χ2v) is 10.5. The summed E-state index contributed by atoms with van der Waals surface area (Å²) in [5, 5.41) is 0. The van der Waals surface area contributed by atoms with Gasteiger partial charge in [0.15, 0.2) is 0 Å². The number of methoxy groups -OCH3 is 2. The smallest absolute Gasteiger partial charge is 0.240 e. The Morgan fingerprint density at radius 2 is 1.85 bits per heavy atom. The number of hydrogen-bond acceptors (Lipinski definition) is 6. The summed E-state index contributed by atoms with van der Waals surface area (Å²) in [5.74, 6) is 0.664. The average Bonchev–Trinajstić information content (AvgIpc) is 3.38. The number of nitrogens with zero attached hydrogens (tertiary/aromatic N) is 3. The summed E-state index contributed by atoms with van der Waals surface area (Å²) >= 11 is 0. The van der Waals surface area contributed by atoms with Crippen LogP contribution in [-0.4, -0.2) is 104 Å². The molecule has 8 nitrogen and oxygen atoms in total. The Balaban J connectivity index is 2.19. The van der Waals surface area contributed by atoms with Crippen molar-refractivity contribution in [3.8, 4) is 0 Å². The van der Waals surface area contributed by atoms with Crippen molar-refractivity contribution in [2.75, 3.05) is 41.4 Å². The molecule has 2 saturated heterocycles. The second kappa shape index (κ2) is 12.5. The van der Waals surface area contributed by atoms with Gasteiger partial charge in [0.2, 0.25) is 11.8 Å². The third-order valence-electron chi connectivity index (χ3n) is 7.87. The van der Waals surface area contributed by atoms with Gasteiger partial charge in [-0.2, -0.15) is 0 Å². The number of carbonyl (C=O) groups is 2. The van der Waals surface area contributed by atoms with Crippen LogP contribution in [0.15, 0.2) is 0 Å². The number of hydrogen-bond donors (Lipinski definition) is 1.